The minimum atomic E-state index is 0.672. The van der Waals surface area contributed by atoms with Crippen molar-refractivity contribution in [3.05, 3.63) is 35.4 Å². The number of unbranched alkanes of at least 4 members (excludes halogenated alkanes) is 1. The third-order valence-electron chi connectivity index (χ3n) is 5.36. The predicted octanol–water partition coefficient (Wildman–Crippen LogP) is 4.07. The lowest BCUT2D eigenvalue weighted by molar-refractivity contribution is 0.629. The highest BCUT2D eigenvalue weighted by Gasteiger charge is 2.20. The quantitative estimate of drug-likeness (QED) is 0.595. The molecule has 0 bridgehead atoms. The minimum absolute atomic E-state index is 0.672. The summed E-state index contributed by atoms with van der Waals surface area (Å²) in [6.45, 7) is 3.99. The molecule has 0 unspecified atom stereocenters. The maximum absolute atomic E-state index is 4.67. The van der Waals surface area contributed by atoms with E-state index in [0.717, 1.165) is 40.9 Å². The molecule has 1 fully saturated rings. The maximum atomic E-state index is 4.67. The topological polar surface area (TPSA) is 71.2 Å². The first-order valence-electron chi connectivity index (χ1n) is 10.1. The van der Waals surface area contributed by atoms with E-state index in [-0.39, 0.29) is 0 Å². The number of hydrogen-bond donors (Lipinski definition) is 1. The third-order valence-corrected chi connectivity index (χ3v) is 5.36. The molecule has 0 radical (unpaired) electrons. The summed E-state index contributed by atoms with van der Waals surface area (Å²) in [5, 5.41) is 8.04. The van der Waals surface area contributed by atoms with E-state index in [9.17, 15) is 0 Å². The molecular formula is C21H29N7. The van der Waals surface area contributed by atoms with Crippen LogP contribution in [0.1, 0.15) is 49.1 Å². The zero-order valence-electron chi connectivity index (χ0n) is 17.2. The van der Waals surface area contributed by atoms with Crippen molar-refractivity contribution in [2.24, 2.45) is 5.92 Å². The van der Waals surface area contributed by atoms with Gasteiger partial charge in [-0.2, -0.15) is 14.6 Å². The fraction of sp³-hybridized carbons (Fsp3) is 0.524. The van der Waals surface area contributed by atoms with E-state index in [0.29, 0.717) is 5.95 Å². The highest BCUT2D eigenvalue weighted by molar-refractivity contribution is 5.73. The Kier molecular flexibility index (Phi) is 5.15. The number of nitrogens with one attached hydrogen (secondary N) is 1. The highest BCUT2D eigenvalue weighted by atomic mass is 15.4. The molecular weight excluding hydrogens is 350 g/mol. The summed E-state index contributed by atoms with van der Waals surface area (Å²) in [7, 11) is 3.98. The molecule has 1 saturated carbocycles. The fourth-order valence-corrected chi connectivity index (χ4v) is 3.59. The van der Waals surface area contributed by atoms with Crippen molar-refractivity contribution in [3.8, 4) is 0 Å². The van der Waals surface area contributed by atoms with Crippen molar-refractivity contribution in [3.63, 3.8) is 0 Å². The van der Waals surface area contributed by atoms with Crippen LogP contribution in [0.4, 0.5) is 17.5 Å². The van der Waals surface area contributed by atoms with Gasteiger partial charge in [0.05, 0.1) is 11.9 Å². The molecule has 0 aromatic carbocycles. The highest BCUT2D eigenvalue weighted by Crippen LogP contribution is 2.34. The predicted molar refractivity (Wildman–Crippen MR) is 112 cm³/mol. The molecule has 0 amide bonds. The van der Waals surface area contributed by atoms with Crippen LogP contribution in [0.5, 0.6) is 0 Å². The molecule has 3 heterocycles. The molecule has 3 aromatic heterocycles. The lowest BCUT2D eigenvalue weighted by atomic mass is 10.1. The average molecular weight is 380 g/mol. The van der Waals surface area contributed by atoms with Crippen LogP contribution in [0.25, 0.3) is 5.65 Å². The van der Waals surface area contributed by atoms with Gasteiger partial charge in [0.1, 0.15) is 5.82 Å². The van der Waals surface area contributed by atoms with Crippen molar-refractivity contribution in [2.75, 3.05) is 24.3 Å². The Balaban J connectivity index is 1.61. The monoisotopic (exact) mass is 379 g/mol. The van der Waals surface area contributed by atoms with Crippen LogP contribution in [-0.4, -0.2) is 38.7 Å². The lowest BCUT2D eigenvalue weighted by Crippen LogP contribution is -2.15. The first-order valence-corrected chi connectivity index (χ1v) is 10.1. The molecule has 7 heteroatoms. The van der Waals surface area contributed by atoms with E-state index in [1.807, 2.05) is 48.9 Å². The van der Waals surface area contributed by atoms with Crippen LogP contribution >= 0.6 is 0 Å². The summed E-state index contributed by atoms with van der Waals surface area (Å²) in [5.74, 6) is 3.28. The third kappa shape index (κ3) is 3.93. The second-order valence-corrected chi connectivity index (χ2v) is 8.03. The van der Waals surface area contributed by atoms with Gasteiger partial charge in [0.15, 0.2) is 11.5 Å². The van der Waals surface area contributed by atoms with E-state index in [1.54, 1.807) is 0 Å². The Morgan fingerprint density at radius 1 is 1.18 bits per heavy atom. The van der Waals surface area contributed by atoms with E-state index in [4.69, 9.17) is 0 Å². The Bertz CT molecular complexity index is 972. The molecule has 28 heavy (non-hydrogen) atoms. The Morgan fingerprint density at radius 2 is 2.00 bits per heavy atom. The lowest BCUT2D eigenvalue weighted by Gasteiger charge is -2.19. The molecule has 0 aliphatic heterocycles. The van der Waals surface area contributed by atoms with E-state index in [1.165, 1.54) is 37.7 Å². The summed E-state index contributed by atoms with van der Waals surface area (Å²) in [5.41, 5.74) is 4.14. The summed E-state index contributed by atoms with van der Waals surface area (Å²) < 4.78 is 1.81. The Labute approximate surface area is 166 Å². The number of aryl methyl sites for hydroxylation is 3. The first-order chi connectivity index (χ1) is 13.5. The van der Waals surface area contributed by atoms with Gasteiger partial charge in [-0.3, -0.25) is 0 Å². The SMILES string of the molecule is Cc1nc(Nc2c(C)ccnc2N(C)C)n2ncc(CCCCC3CC3)c2n1. The van der Waals surface area contributed by atoms with Crippen molar-refractivity contribution in [1.29, 1.82) is 0 Å². The number of hydrogen-bond acceptors (Lipinski definition) is 6. The summed E-state index contributed by atoms with van der Waals surface area (Å²) in [6, 6.07) is 2.00. The van der Waals surface area contributed by atoms with Gasteiger partial charge in [0, 0.05) is 25.9 Å². The zero-order valence-corrected chi connectivity index (χ0v) is 17.2. The zero-order chi connectivity index (χ0) is 19.7. The molecule has 3 aromatic rings. The van der Waals surface area contributed by atoms with Crippen LogP contribution in [0, 0.1) is 19.8 Å². The van der Waals surface area contributed by atoms with E-state index < -0.39 is 0 Å². The molecule has 0 atom stereocenters. The normalized spacial score (nSPS) is 13.9. The van der Waals surface area contributed by atoms with Gasteiger partial charge < -0.3 is 10.2 Å². The van der Waals surface area contributed by atoms with Gasteiger partial charge in [0.25, 0.3) is 0 Å². The second-order valence-electron chi connectivity index (χ2n) is 8.03. The molecule has 1 N–H and O–H groups in total. The van der Waals surface area contributed by atoms with Crippen molar-refractivity contribution < 1.29 is 0 Å². The summed E-state index contributed by atoms with van der Waals surface area (Å²) in [6.07, 6.45) is 11.5. The number of rotatable bonds is 8. The molecule has 0 spiro atoms. The number of pyridine rings is 1. The van der Waals surface area contributed by atoms with Crippen molar-refractivity contribution >= 4 is 23.1 Å². The maximum Gasteiger partial charge on any atom is 0.232 e. The van der Waals surface area contributed by atoms with E-state index in [2.05, 4.69) is 32.3 Å². The number of aromatic nitrogens is 5. The van der Waals surface area contributed by atoms with Crippen LogP contribution in [0.2, 0.25) is 0 Å². The number of anilines is 3. The van der Waals surface area contributed by atoms with Crippen molar-refractivity contribution in [2.45, 2.75) is 52.4 Å². The number of nitrogens with zero attached hydrogens (tertiary/aromatic N) is 6. The fourth-order valence-electron chi connectivity index (χ4n) is 3.59. The van der Waals surface area contributed by atoms with Gasteiger partial charge in [-0.25, -0.2) is 9.97 Å². The largest absolute Gasteiger partial charge is 0.361 e. The minimum Gasteiger partial charge on any atom is -0.361 e. The van der Waals surface area contributed by atoms with Gasteiger partial charge in [0.2, 0.25) is 5.95 Å². The van der Waals surface area contributed by atoms with Crippen LogP contribution < -0.4 is 10.2 Å². The van der Waals surface area contributed by atoms with Crippen molar-refractivity contribution in [1.82, 2.24) is 24.6 Å². The average Bonchev–Trinajstić information content (AvgIpc) is 3.40. The molecule has 1 aliphatic rings. The summed E-state index contributed by atoms with van der Waals surface area (Å²) in [4.78, 5) is 15.8. The van der Waals surface area contributed by atoms with Crippen LogP contribution in [-0.2, 0) is 6.42 Å². The molecule has 4 rings (SSSR count). The number of fused-ring (bicyclic) bond motifs is 1. The van der Waals surface area contributed by atoms with Gasteiger partial charge >= 0.3 is 0 Å². The molecule has 1 aliphatic carbocycles. The van der Waals surface area contributed by atoms with Gasteiger partial charge in [-0.1, -0.05) is 25.7 Å². The smallest absolute Gasteiger partial charge is 0.232 e. The summed E-state index contributed by atoms with van der Waals surface area (Å²) >= 11 is 0. The molecule has 7 nitrogen and oxygen atoms in total. The van der Waals surface area contributed by atoms with E-state index >= 15 is 0 Å². The molecule has 148 valence electrons. The first kappa shape index (κ1) is 18.7. The Hall–Kier alpha value is -2.70. The van der Waals surface area contributed by atoms with Crippen LogP contribution in [0.15, 0.2) is 18.5 Å². The second kappa shape index (κ2) is 7.73. The Morgan fingerprint density at radius 3 is 2.75 bits per heavy atom. The standard InChI is InChI=1S/C21H29N7/c1-14-11-12-22-20(27(3)4)18(14)26-21-25-15(2)24-19-17(13-23-28(19)21)8-6-5-7-16-9-10-16/h11-13,16H,5-10H2,1-4H3,(H,24,25,26). The van der Waals surface area contributed by atoms with Gasteiger partial charge in [-0.15, -0.1) is 0 Å². The molecule has 0 saturated heterocycles. The van der Waals surface area contributed by atoms with Crippen LogP contribution in [0.3, 0.4) is 0 Å². The van der Waals surface area contributed by atoms with Gasteiger partial charge in [-0.05, 0) is 44.2 Å².